The van der Waals surface area contributed by atoms with Gasteiger partial charge in [-0.25, -0.2) is 15.4 Å². The molecule has 0 aliphatic carbocycles. The Morgan fingerprint density at radius 3 is 2.70 bits per heavy atom. The average Bonchev–Trinajstić information content (AvgIpc) is 3.33. The number of hydrogen-bond acceptors (Lipinski definition) is 9. The number of aryl methyl sites for hydroxylation is 1. The molecule has 0 unspecified atom stereocenters. The number of nitrogens with two attached hydrogens (primary N) is 1. The maximum Gasteiger partial charge on any atom is 0.217 e. The van der Waals surface area contributed by atoms with Gasteiger partial charge >= 0.3 is 0 Å². The minimum Gasteiger partial charge on any atom is -0.388 e. The fourth-order valence-electron chi connectivity index (χ4n) is 3.57. The van der Waals surface area contributed by atoms with Crippen molar-refractivity contribution >= 4 is 22.9 Å². The third kappa shape index (κ3) is 4.79. The van der Waals surface area contributed by atoms with Gasteiger partial charge in [-0.1, -0.05) is 23.6 Å². The first kappa shape index (κ1) is 22.6. The number of anilines is 1. The quantitative estimate of drug-likeness (QED) is 0.307. The number of aromatic nitrogens is 4. The van der Waals surface area contributed by atoms with Crippen LogP contribution in [-0.2, 0) is 14.4 Å². The molecule has 4 rings (SSSR count). The SMILES string of the molecule is CONc1nc(C#Cc2ccc(C)cc2)nc2c1ncn2[C@@H]1O[C@@H](CCC(N)=O)[C@H](O)[C@H]1O. The maximum atomic E-state index is 11.1. The highest BCUT2D eigenvalue weighted by atomic mass is 16.6. The van der Waals surface area contributed by atoms with Gasteiger partial charge in [-0.15, -0.1) is 0 Å². The van der Waals surface area contributed by atoms with Gasteiger partial charge < -0.3 is 20.7 Å². The van der Waals surface area contributed by atoms with Crippen LogP contribution in [0, 0.1) is 18.8 Å². The van der Waals surface area contributed by atoms with E-state index in [1.165, 1.54) is 18.0 Å². The van der Waals surface area contributed by atoms with Crippen molar-refractivity contribution in [2.24, 2.45) is 5.73 Å². The predicted octanol–water partition coefficient (Wildman–Crippen LogP) is 0.393. The summed E-state index contributed by atoms with van der Waals surface area (Å²) in [4.78, 5) is 29.3. The Kier molecular flexibility index (Phi) is 6.52. The lowest BCUT2D eigenvalue weighted by Gasteiger charge is -2.16. The van der Waals surface area contributed by atoms with Gasteiger partial charge in [0.2, 0.25) is 11.7 Å². The molecule has 33 heavy (non-hydrogen) atoms. The van der Waals surface area contributed by atoms with Gasteiger partial charge in [0.1, 0.15) is 12.2 Å². The zero-order valence-electron chi connectivity index (χ0n) is 18.1. The second-order valence-corrected chi connectivity index (χ2v) is 7.69. The van der Waals surface area contributed by atoms with Crippen LogP contribution in [0.2, 0.25) is 0 Å². The lowest BCUT2D eigenvalue weighted by Crippen LogP contribution is -2.32. The summed E-state index contributed by atoms with van der Waals surface area (Å²) in [6.07, 6.45) is -2.60. The number of nitrogens with one attached hydrogen (secondary N) is 1. The van der Waals surface area contributed by atoms with Crippen molar-refractivity contribution in [2.75, 3.05) is 12.6 Å². The number of rotatable bonds is 6. The molecule has 1 aromatic carbocycles. The van der Waals surface area contributed by atoms with Gasteiger partial charge in [0.05, 0.1) is 19.5 Å². The van der Waals surface area contributed by atoms with Crippen molar-refractivity contribution in [1.29, 1.82) is 0 Å². The summed E-state index contributed by atoms with van der Waals surface area (Å²) >= 11 is 0. The second kappa shape index (κ2) is 9.51. The molecule has 1 aliphatic rings. The van der Waals surface area contributed by atoms with Crippen LogP contribution in [-0.4, -0.2) is 61.1 Å². The molecule has 1 fully saturated rings. The van der Waals surface area contributed by atoms with Crippen molar-refractivity contribution in [3.8, 4) is 11.8 Å². The average molecular weight is 452 g/mol. The van der Waals surface area contributed by atoms with Crippen LogP contribution in [0.1, 0.15) is 36.0 Å². The highest BCUT2D eigenvalue weighted by Gasteiger charge is 2.44. The highest BCUT2D eigenvalue weighted by molar-refractivity contribution is 5.83. The standard InChI is InChI=1S/C22H24N6O5/c1-12-3-5-13(6-4-12)7-10-16-25-20(27-32-2)17-21(26-16)28(11-24-17)22-19(31)18(30)14(33-22)8-9-15(23)29/h3-6,11,14,18-19,22,30-31H,8-9H2,1-2H3,(H2,23,29)(H,25,26,27)/t14-,18-,19+,22+/m0/s1. The molecule has 4 atom stereocenters. The van der Waals surface area contributed by atoms with Crippen LogP contribution in [0.3, 0.4) is 0 Å². The second-order valence-electron chi connectivity index (χ2n) is 7.69. The summed E-state index contributed by atoms with van der Waals surface area (Å²) in [5, 5.41) is 21.0. The Morgan fingerprint density at radius 2 is 2.00 bits per heavy atom. The van der Waals surface area contributed by atoms with Crippen LogP contribution in [0.15, 0.2) is 30.6 Å². The fourth-order valence-corrected chi connectivity index (χ4v) is 3.57. The predicted molar refractivity (Wildman–Crippen MR) is 117 cm³/mol. The number of nitrogens with zero attached hydrogens (tertiary/aromatic N) is 4. The number of aliphatic hydroxyl groups is 2. The van der Waals surface area contributed by atoms with Crippen LogP contribution < -0.4 is 11.2 Å². The number of amides is 1. The van der Waals surface area contributed by atoms with E-state index in [4.69, 9.17) is 15.3 Å². The zero-order valence-corrected chi connectivity index (χ0v) is 18.1. The fraction of sp³-hybridized carbons (Fsp3) is 0.364. The van der Waals surface area contributed by atoms with Gasteiger partial charge in [0, 0.05) is 12.0 Å². The summed E-state index contributed by atoms with van der Waals surface area (Å²) in [5.74, 6) is 5.91. The number of ether oxygens (including phenoxy) is 1. The van der Waals surface area contributed by atoms with E-state index in [0.717, 1.165) is 11.1 Å². The number of carbonyl (C=O) groups is 1. The molecule has 1 amide bonds. The van der Waals surface area contributed by atoms with Crippen LogP contribution in [0.4, 0.5) is 5.82 Å². The Labute approximate surface area is 189 Å². The Balaban J connectivity index is 1.70. The van der Waals surface area contributed by atoms with Crippen LogP contribution in [0.5, 0.6) is 0 Å². The molecule has 2 aromatic heterocycles. The zero-order chi connectivity index (χ0) is 23.5. The molecule has 172 valence electrons. The van der Waals surface area contributed by atoms with Gasteiger partial charge in [-0.3, -0.25) is 14.2 Å². The van der Waals surface area contributed by atoms with Gasteiger partial charge in [-0.05, 0) is 31.4 Å². The number of benzene rings is 1. The largest absolute Gasteiger partial charge is 0.388 e. The lowest BCUT2D eigenvalue weighted by atomic mass is 10.1. The maximum absolute atomic E-state index is 11.1. The normalized spacial score (nSPS) is 22.2. The van der Waals surface area contributed by atoms with E-state index in [1.807, 2.05) is 31.2 Å². The topological polar surface area (TPSA) is 158 Å². The molecule has 11 nitrogen and oxygen atoms in total. The number of fused-ring (bicyclic) bond motifs is 1. The van der Waals surface area contributed by atoms with Gasteiger partial charge in [0.15, 0.2) is 23.2 Å². The Morgan fingerprint density at radius 1 is 1.24 bits per heavy atom. The molecule has 3 heterocycles. The van der Waals surface area contributed by atoms with Crippen LogP contribution >= 0.6 is 0 Å². The number of carbonyl (C=O) groups excluding carboxylic acids is 1. The summed E-state index contributed by atoms with van der Waals surface area (Å²) in [7, 11) is 1.44. The molecule has 3 aromatic rings. The van der Waals surface area contributed by atoms with Crippen molar-refractivity contribution in [3.05, 3.63) is 47.5 Å². The summed E-state index contributed by atoms with van der Waals surface area (Å²) < 4.78 is 7.33. The first-order valence-corrected chi connectivity index (χ1v) is 10.3. The molecule has 0 saturated carbocycles. The molecule has 1 saturated heterocycles. The highest BCUT2D eigenvalue weighted by Crippen LogP contribution is 2.34. The van der Waals surface area contributed by atoms with E-state index in [1.54, 1.807) is 0 Å². The van der Waals surface area contributed by atoms with Crippen LogP contribution in [0.25, 0.3) is 11.2 Å². The van der Waals surface area contributed by atoms with E-state index in [0.29, 0.717) is 11.2 Å². The van der Waals surface area contributed by atoms with Crippen molar-refractivity contribution in [1.82, 2.24) is 19.5 Å². The van der Waals surface area contributed by atoms with E-state index in [2.05, 4.69) is 32.3 Å². The van der Waals surface area contributed by atoms with Crippen molar-refractivity contribution < 1.29 is 24.6 Å². The smallest absolute Gasteiger partial charge is 0.217 e. The number of imidazole rings is 1. The third-order valence-electron chi connectivity index (χ3n) is 5.28. The molecule has 1 aliphatic heterocycles. The Bertz CT molecular complexity index is 1220. The van der Waals surface area contributed by atoms with E-state index in [9.17, 15) is 15.0 Å². The molecule has 0 radical (unpaired) electrons. The lowest BCUT2D eigenvalue weighted by molar-refractivity contribution is -0.119. The number of hydrogen-bond donors (Lipinski definition) is 4. The summed E-state index contributed by atoms with van der Waals surface area (Å²) in [6.45, 7) is 1.99. The minimum atomic E-state index is -1.27. The van der Waals surface area contributed by atoms with E-state index < -0.39 is 30.4 Å². The monoisotopic (exact) mass is 452 g/mol. The minimum absolute atomic E-state index is 0.0225. The van der Waals surface area contributed by atoms with Gasteiger partial charge in [-0.2, -0.15) is 4.98 Å². The number of primary amides is 1. The third-order valence-corrected chi connectivity index (χ3v) is 5.28. The molecule has 0 bridgehead atoms. The summed E-state index contributed by atoms with van der Waals surface area (Å²) in [5.41, 5.74) is 10.5. The molecular formula is C22H24N6O5. The molecular weight excluding hydrogens is 428 g/mol. The van der Waals surface area contributed by atoms with E-state index >= 15 is 0 Å². The first-order chi connectivity index (χ1) is 15.9. The Hall–Kier alpha value is -3.56. The van der Waals surface area contributed by atoms with Gasteiger partial charge in [0.25, 0.3) is 0 Å². The number of aliphatic hydroxyl groups excluding tert-OH is 2. The molecule has 5 N–H and O–H groups in total. The first-order valence-electron chi connectivity index (χ1n) is 10.3. The van der Waals surface area contributed by atoms with Crippen molar-refractivity contribution in [2.45, 2.75) is 44.3 Å². The summed E-state index contributed by atoms with van der Waals surface area (Å²) in [6, 6.07) is 7.71. The molecule has 0 spiro atoms. The van der Waals surface area contributed by atoms with E-state index in [-0.39, 0.29) is 24.5 Å². The molecule has 11 heteroatoms. The van der Waals surface area contributed by atoms with Crippen molar-refractivity contribution in [3.63, 3.8) is 0 Å².